The van der Waals surface area contributed by atoms with Crippen LogP contribution in [0.3, 0.4) is 0 Å². The first-order valence-electron chi connectivity index (χ1n) is 8.95. The van der Waals surface area contributed by atoms with Crippen LogP contribution in [-0.2, 0) is 6.67 Å². The van der Waals surface area contributed by atoms with E-state index in [4.69, 9.17) is 17.3 Å². The fraction of sp³-hybridized carbons (Fsp3) is 0.474. The summed E-state index contributed by atoms with van der Waals surface area (Å²) >= 11 is 9.30. The minimum absolute atomic E-state index is 0.114. The molecule has 138 valence electrons. The van der Waals surface area contributed by atoms with Gasteiger partial charge in [-0.15, -0.1) is 27.8 Å². The van der Waals surface area contributed by atoms with E-state index in [9.17, 15) is 0 Å². The molecule has 3 aromatic heterocycles. The van der Waals surface area contributed by atoms with Gasteiger partial charge in [0.05, 0.1) is 11.5 Å². The van der Waals surface area contributed by atoms with Gasteiger partial charge >= 0.3 is 0 Å². The Kier molecular flexibility index (Phi) is 4.90. The Morgan fingerprint density at radius 1 is 1.23 bits per heavy atom. The molecular weight excluding hydrogens is 380 g/mol. The van der Waals surface area contributed by atoms with Crippen LogP contribution in [0.15, 0.2) is 35.0 Å². The van der Waals surface area contributed by atoms with Gasteiger partial charge in [0.1, 0.15) is 0 Å². The Labute approximate surface area is 167 Å². The molecule has 0 unspecified atom stereocenters. The average molecular weight is 405 g/mol. The zero-order valence-corrected chi connectivity index (χ0v) is 17.8. The third-order valence-corrected chi connectivity index (χ3v) is 6.87. The minimum atomic E-state index is 0.114. The molecule has 4 rings (SSSR count). The van der Waals surface area contributed by atoms with Crippen molar-refractivity contribution in [3.05, 3.63) is 44.7 Å². The Morgan fingerprint density at radius 2 is 1.96 bits per heavy atom. The van der Waals surface area contributed by atoms with Crippen LogP contribution in [0.5, 0.6) is 0 Å². The summed E-state index contributed by atoms with van der Waals surface area (Å²) in [6.45, 7) is 7.42. The van der Waals surface area contributed by atoms with Crippen molar-refractivity contribution in [3.63, 3.8) is 0 Å². The van der Waals surface area contributed by atoms with Gasteiger partial charge in [0.2, 0.25) is 0 Å². The maximum absolute atomic E-state index is 5.78. The van der Waals surface area contributed by atoms with Crippen LogP contribution in [0.4, 0.5) is 0 Å². The van der Waals surface area contributed by atoms with E-state index < -0.39 is 0 Å². The summed E-state index contributed by atoms with van der Waals surface area (Å²) < 4.78 is 5.03. The summed E-state index contributed by atoms with van der Waals surface area (Å²) in [6, 6.07) is 9.30. The molecule has 4 nitrogen and oxygen atoms in total. The van der Waals surface area contributed by atoms with E-state index in [1.807, 2.05) is 4.68 Å². The van der Waals surface area contributed by atoms with Crippen molar-refractivity contribution in [2.24, 2.45) is 5.41 Å². The number of thiophene rings is 2. The predicted octanol–water partition coefficient (Wildman–Crippen LogP) is 5.87. The highest BCUT2D eigenvalue weighted by atomic mass is 32.1. The average Bonchev–Trinajstić information content (AvgIpc) is 3.02. The van der Waals surface area contributed by atoms with E-state index in [1.165, 1.54) is 22.6 Å². The number of hydrogen-bond donors (Lipinski definition) is 1. The van der Waals surface area contributed by atoms with E-state index in [2.05, 4.69) is 65.7 Å². The van der Waals surface area contributed by atoms with Gasteiger partial charge in [0, 0.05) is 17.0 Å². The van der Waals surface area contributed by atoms with E-state index in [-0.39, 0.29) is 11.5 Å². The van der Waals surface area contributed by atoms with Gasteiger partial charge in [-0.2, -0.15) is 0 Å². The molecule has 0 radical (unpaired) electrons. The summed E-state index contributed by atoms with van der Waals surface area (Å²) in [4.78, 5) is 2.54. The first-order chi connectivity index (χ1) is 12.4. The second kappa shape index (κ2) is 7.03. The van der Waals surface area contributed by atoms with Crippen LogP contribution in [0, 0.1) is 10.2 Å². The highest BCUT2D eigenvalue weighted by Crippen LogP contribution is 2.39. The van der Waals surface area contributed by atoms with Crippen molar-refractivity contribution in [1.82, 2.24) is 19.7 Å². The Bertz CT molecular complexity index is 909. The smallest absolute Gasteiger partial charge is 0.199 e. The van der Waals surface area contributed by atoms with Crippen molar-refractivity contribution >= 4 is 34.9 Å². The first kappa shape index (κ1) is 18.1. The molecular formula is C19H24N4S3. The lowest BCUT2D eigenvalue weighted by Crippen LogP contribution is -2.33. The Balaban J connectivity index is 1.62. The van der Waals surface area contributed by atoms with Crippen LogP contribution in [0.1, 0.15) is 50.6 Å². The van der Waals surface area contributed by atoms with Gasteiger partial charge < -0.3 is 0 Å². The lowest BCUT2D eigenvalue weighted by molar-refractivity contribution is 0.255. The number of aromatic nitrogens is 3. The molecule has 0 aliphatic heterocycles. The van der Waals surface area contributed by atoms with Crippen LogP contribution in [0.25, 0.3) is 10.7 Å². The Morgan fingerprint density at radius 3 is 2.54 bits per heavy atom. The fourth-order valence-corrected chi connectivity index (χ4v) is 5.32. The monoisotopic (exact) mass is 404 g/mol. The summed E-state index contributed by atoms with van der Waals surface area (Å²) in [5.41, 5.74) is 0.114. The SMILES string of the molecule is CC(C)(C)[C@H](NCn1nc(-c2cccs2)n(C2CC2)c1=S)c1cccs1. The van der Waals surface area contributed by atoms with Gasteiger partial charge in [-0.1, -0.05) is 32.9 Å². The number of hydrogen-bond acceptors (Lipinski definition) is 5. The van der Waals surface area contributed by atoms with Gasteiger partial charge in [-0.3, -0.25) is 9.88 Å². The van der Waals surface area contributed by atoms with Gasteiger partial charge in [-0.25, -0.2) is 4.68 Å². The summed E-state index contributed by atoms with van der Waals surface area (Å²) in [7, 11) is 0. The molecule has 3 heterocycles. The van der Waals surface area contributed by atoms with Crippen LogP contribution >= 0.6 is 34.9 Å². The van der Waals surface area contributed by atoms with Crippen LogP contribution in [0.2, 0.25) is 0 Å². The maximum Gasteiger partial charge on any atom is 0.199 e. The third kappa shape index (κ3) is 3.58. The molecule has 1 N–H and O–H groups in total. The van der Waals surface area contributed by atoms with Gasteiger partial charge in [0.15, 0.2) is 10.6 Å². The zero-order chi connectivity index (χ0) is 18.3. The fourth-order valence-electron chi connectivity index (χ4n) is 3.23. The van der Waals surface area contributed by atoms with Crippen molar-refractivity contribution in [3.8, 4) is 10.7 Å². The van der Waals surface area contributed by atoms with Gasteiger partial charge in [-0.05, 0) is 53.4 Å². The molecule has 0 amide bonds. The minimum Gasteiger partial charge on any atom is -0.296 e. The normalized spacial score (nSPS) is 16.1. The molecule has 1 aliphatic carbocycles. The third-order valence-electron chi connectivity index (χ3n) is 4.66. The highest BCUT2D eigenvalue weighted by Gasteiger charge is 2.30. The molecule has 0 spiro atoms. The second-order valence-corrected chi connectivity index (χ2v) is 10.2. The molecule has 26 heavy (non-hydrogen) atoms. The van der Waals surface area contributed by atoms with Crippen LogP contribution in [-0.4, -0.2) is 14.3 Å². The highest BCUT2D eigenvalue weighted by molar-refractivity contribution is 7.71. The van der Waals surface area contributed by atoms with E-state index in [0.29, 0.717) is 12.7 Å². The molecule has 3 aromatic rings. The van der Waals surface area contributed by atoms with Crippen molar-refractivity contribution in [1.29, 1.82) is 0 Å². The molecule has 1 fully saturated rings. The molecule has 1 aliphatic rings. The Hall–Kier alpha value is -1.28. The zero-order valence-electron chi connectivity index (χ0n) is 15.3. The lowest BCUT2D eigenvalue weighted by atomic mass is 9.86. The molecule has 0 bridgehead atoms. The number of nitrogens with zero attached hydrogens (tertiary/aromatic N) is 3. The van der Waals surface area contributed by atoms with E-state index in [1.54, 1.807) is 22.7 Å². The van der Waals surface area contributed by atoms with Crippen molar-refractivity contribution in [2.75, 3.05) is 0 Å². The molecule has 0 saturated heterocycles. The largest absolute Gasteiger partial charge is 0.296 e. The van der Waals surface area contributed by atoms with Crippen molar-refractivity contribution in [2.45, 2.75) is 52.4 Å². The predicted molar refractivity (Wildman–Crippen MR) is 112 cm³/mol. The molecule has 1 saturated carbocycles. The number of rotatable bonds is 6. The van der Waals surface area contributed by atoms with E-state index >= 15 is 0 Å². The van der Waals surface area contributed by atoms with Crippen LogP contribution < -0.4 is 5.32 Å². The summed E-state index contributed by atoms with van der Waals surface area (Å²) in [6.07, 6.45) is 2.40. The van der Waals surface area contributed by atoms with Crippen molar-refractivity contribution < 1.29 is 0 Å². The lowest BCUT2D eigenvalue weighted by Gasteiger charge is -2.30. The standard InChI is InChI=1S/C19H24N4S3/c1-19(2,3)16(14-6-4-10-25-14)20-12-22-18(24)23(13-8-9-13)17(21-22)15-7-5-11-26-15/h4-7,10-11,13,16,20H,8-9,12H2,1-3H3/t16-/m1/s1. The number of nitrogens with one attached hydrogen (secondary N) is 1. The van der Waals surface area contributed by atoms with Gasteiger partial charge in [0.25, 0.3) is 0 Å². The molecule has 0 aromatic carbocycles. The summed E-state index contributed by atoms with van der Waals surface area (Å²) in [5.74, 6) is 1.01. The quantitative estimate of drug-likeness (QED) is 0.522. The topological polar surface area (TPSA) is 34.8 Å². The summed E-state index contributed by atoms with van der Waals surface area (Å²) in [5, 5.41) is 12.8. The first-order valence-corrected chi connectivity index (χ1v) is 11.1. The second-order valence-electron chi connectivity index (χ2n) is 7.86. The van der Waals surface area contributed by atoms with E-state index in [0.717, 1.165) is 10.6 Å². The molecule has 1 atom stereocenters. The maximum atomic E-state index is 5.78. The molecule has 7 heteroatoms.